The lowest BCUT2D eigenvalue weighted by Crippen LogP contribution is -2.40. The fraction of sp³-hybridized carbons (Fsp3) is 0.471. The molecule has 0 fully saturated rings. The third kappa shape index (κ3) is 7.37. The number of carbonyl (C=O) groups is 2. The highest BCUT2D eigenvalue weighted by atomic mass is 32.2. The van der Waals surface area contributed by atoms with Crippen molar-refractivity contribution in [1.29, 1.82) is 0 Å². The molecule has 1 aliphatic rings. The van der Waals surface area contributed by atoms with Crippen molar-refractivity contribution in [2.45, 2.75) is 36.8 Å². The molecular weight excluding hydrogens is 413 g/mol. The van der Waals surface area contributed by atoms with E-state index < -0.39 is 41.1 Å². The Hall–Kier alpha value is -2.63. The lowest BCUT2D eigenvalue weighted by molar-refractivity contribution is -0.138. The third-order valence-corrected chi connectivity index (χ3v) is 5.32. The number of hydrogen-bond donors (Lipinski definition) is 3. The zero-order chi connectivity index (χ0) is 21.5. The maximum Gasteiger partial charge on any atom is 0.405 e. The highest BCUT2D eigenvalue weighted by Gasteiger charge is 2.30. The summed E-state index contributed by atoms with van der Waals surface area (Å²) in [4.78, 5) is 27.2. The Bertz CT molecular complexity index is 885. The lowest BCUT2D eigenvalue weighted by atomic mass is 10.2. The summed E-state index contributed by atoms with van der Waals surface area (Å²) < 4.78 is 62.2. The molecule has 12 heteroatoms. The van der Waals surface area contributed by atoms with Crippen molar-refractivity contribution in [3.05, 3.63) is 29.8 Å². The van der Waals surface area contributed by atoms with Crippen LogP contribution in [0.4, 0.5) is 13.2 Å². The second-order valence-electron chi connectivity index (χ2n) is 6.31. The summed E-state index contributed by atoms with van der Waals surface area (Å²) in [5.74, 6) is -1.05. The Kier molecular flexibility index (Phi) is 7.59. The van der Waals surface area contributed by atoms with Gasteiger partial charge in [0.2, 0.25) is 11.8 Å². The highest BCUT2D eigenvalue weighted by Crippen LogP contribution is 2.22. The molecule has 0 unspecified atom stereocenters. The van der Waals surface area contributed by atoms with Crippen LogP contribution in [0.2, 0.25) is 0 Å². The van der Waals surface area contributed by atoms with Crippen LogP contribution in [0.15, 0.2) is 34.2 Å². The van der Waals surface area contributed by atoms with Gasteiger partial charge in [-0.15, -0.1) is 0 Å². The first-order valence-electron chi connectivity index (χ1n) is 8.85. The Morgan fingerprint density at radius 3 is 2.48 bits per heavy atom. The highest BCUT2D eigenvalue weighted by molar-refractivity contribution is 7.90. The molecule has 0 saturated carbocycles. The number of unbranched alkanes of at least 4 members (excludes halogenated alkanes) is 2. The van der Waals surface area contributed by atoms with Crippen LogP contribution in [0.5, 0.6) is 0 Å². The maximum atomic E-state index is 12.0. The van der Waals surface area contributed by atoms with Gasteiger partial charge in [0.05, 0.1) is 11.4 Å². The molecule has 1 aromatic carbocycles. The van der Waals surface area contributed by atoms with Crippen molar-refractivity contribution in [2.75, 3.05) is 19.6 Å². The number of sulfonamides is 1. The van der Waals surface area contributed by atoms with Gasteiger partial charge in [0.25, 0.3) is 10.0 Å². The SMILES string of the molecule is O=C(CCCCCN=C1NS(=O)(=O)c2ccccc21)NCC(=O)NCC(F)(F)F. The van der Waals surface area contributed by atoms with E-state index in [1.807, 2.05) is 0 Å². The van der Waals surface area contributed by atoms with E-state index in [9.17, 15) is 31.2 Å². The summed E-state index contributed by atoms with van der Waals surface area (Å²) in [6, 6.07) is 6.52. The molecule has 0 bridgehead atoms. The second kappa shape index (κ2) is 9.72. The molecule has 0 spiro atoms. The summed E-state index contributed by atoms with van der Waals surface area (Å²) in [6.07, 6.45) is -2.61. The number of rotatable bonds is 9. The van der Waals surface area contributed by atoms with Gasteiger partial charge in [-0.1, -0.05) is 18.6 Å². The van der Waals surface area contributed by atoms with E-state index in [0.29, 0.717) is 37.2 Å². The molecule has 8 nitrogen and oxygen atoms in total. The molecule has 160 valence electrons. The number of carbonyl (C=O) groups excluding carboxylic acids is 2. The standard InChI is InChI=1S/C17H21F3N4O4S/c18-17(19,20)11-23-15(26)10-22-14(25)8-2-1-5-9-21-16-12-6-3-4-7-13(12)29(27,28)24-16/h3-4,6-7H,1-2,5,8-11H2,(H,21,24)(H,22,25)(H,23,26). The zero-order valence-corrected chi connectivity index (χ0v) is 16.2. The Balaban J connectivity index is 1.62. The molecule has 0 aromatic heterocycles. The number of nitrogens with zero attached hydrogens (tertiary/aromatic N) is 1. The van der Waals surface area contributed by atoms with E-state index >= 15 is 0 Å². The predicted molar refractivity (Wildman–Crippen MR) is 98.7 cm³/mol. The average molecular weight is 434 g/mol. The van der Waals surface area contributed by atoms with Gasteiger partial charge in [0.15, 0.2) is 0 Å². The number of alkyl halides is 3. The van der Waals surface area contributed by atoms with Gasteiger partial charge in [0.1, 0.15) is 12.4 Å². The van der Waals surface area contributed by atoms with E-state index in [1.165, 1.54) is 6.07 Å². The van der Waals surface area contributed by atoms with Gasteiger partial charge in [-0.05, 0) is 25.0 Å². The largest absolute Gasteiger partial charge is 0.405 e. The zero-order valence-electron chi connectivity index (χ0n) is 15.4. The van der Waals surface area contributed by atoms with Crippen LogP contribution in [0.3, 0.4) is 0 Å². The molecule has 0 radical (unpaired) electrons. The van der Waals surface area contributed by atoms with Crippen molar-refractivity contribution in [3.63, 3.8) is 0 Å². The topological polar surface area (TPSA) is 117 Å². The van der Waals surface area contributed by atoms with Gasteiger partial charge in [-0.3, -0.25) is 19.3 Å². The summed E-state index contributed by atoms with van der Waals surface area (Å²) in [7, 11) is -3.57. The van der Waals surface area contributed by atoms with E-state index in [-0.39, 0.29) is 11.3 Å². The second-order valence-corrected chi connectivity index (χ2v) is 7.96. The first kappa shape index (κ1) is 22.7. The third-order valence-electron chi connectivity index (χ3n) is 3.93. The van der Waals surface area contributed by atoms with Crippen LogP contribution >= 0.6 is 0 Å². The molecule has 0 saturated heterocycles. The maximum absolute atomic E-state index is 12.0. The Labute approximate surface area is 166 Å². The van der Waals surface area contributed by atoms with E-state index in [1.54, 1.807) is 23.5 Å². The van der Waals surface area contributed by atoms with Crippen LogP contribution in [0, 0.1) is 0 Å². The van der Waals surface area contributed by atoms with Gasteiger partial charge >= 0.3 is 6.18 Å². The number of halogens is 3. The monoisotopic (exact) mass is 434 g/mol. The summed E-state index contributed by atoms with van der Waals surface area (Å²) in [6.45, 7) is -1.58. The molecular formula is C17H21F3N4O4S. The molecule has 0 aliphatic carbocycles. The summed E-state index contributed by atoms with van der Waals surface area (Å²) in [5, 5.41) is 3.91. The van der Waals surface area contributed by atoms with Crippen LogP contribution in [0.1, 0.15) is 31.2 Å². The van der Waals surface area contributed by atoms with Gasteiger partial charge in [0, 0.05) is 18.5 Å². The van der Waals surface area contributed by atoms with Crippen molar-refractivity contribution in [3.8, 4) is 0 Å². The minimum absolute atomic E-state index is 0.124. The Morgan fingerprint density at radius 2 is 1.76 bits per heavy atom. The van der Waals surface area contributed by atoms with Crippen molar-refractivity contribution < 1.29 is 31.2 Å². The van der Waals surface area contributed by atoms with E-state index in [4.69, 9.17) is 0 Å². The number of amidine groups is 1. The molecule has 1 aliphatic heterocycles. The number of fused-ring (bicyclic) bond motifs is 1. The predicted octanol–water partition coefficient (Wildman–Crippen LogP) is 1.08. The van der Waals surface area contributed by atoms with Crippen molar-refractivity contribution in [1.82, 2.24) is 15.4 Å². The van der Waals surface area contributed by atoms with Crippen molar-refractivity contribution >= 4 is 27.7 Å². The first-order chi connectivity index (χ1) is 13.6. The number of amides is 2. The molecule has 0 atom stereocenters. The number of benzene rings is 1. The van der Waals surface area contributed by atoms with Crippen LogP contribution in [-0.2, 0) is 19.6 Å². The minimum Gasteiger partial charge on any atom is -0.347 e. The number of nitrogens with one attached hydrogen (secondary N) is 3. The van der Waals surface area contributed by atoms with Crippen LogP contribution in [0.25, 0.3) is 0 Å². The normalized spacial score (nSPS) is 16.2. The minimum atomic E-state index is -4.50. The van der Waals surface area contributed by atoms with Gasteiger partial charge in [-0.2, -0.15) is 13.2 Å². The van der Waals surface area contributed by atoms with Crippen LogP contribution < -0.4 is 15.4 Å². The average Bonchev–Trinajstić information content (AvgIpc) is 2.91. The summed E-state index contributed by atoms with van der Waals surface area (Å²) >= 11 is 0. The smallest absolute Gasteiger partial charge is 0.347 e. The lowest BCUT2D eigenvalue weighted by Gasteiger charge is -2.09. The molecule has 2 amide bonds. The van der Waals surface area contributed by atoms with E-state index in [0.717, 1.165) is 0 Å². The molecule has 29 heavy (non-hydrogen) atoms. The van der Waals surface area contributed by atoms with Gasteiger partial charge in [-0.25, -0.2) is 8.42 Å². The number of hydrogen-bond acceptors (Lipinski definition) is 5. The molecule has 3 N–H and O–H groups in total. The Morgan fingerprint density at radius 1 is 1.03 bits per heavy atom. The van der Waals surface area contributed by atoms with Crippen molar-refractivity contribution in [2.24, 2.45) is 4.99 Å². The fourth-order valence-corrected chi connectivity index (χ4v) is 3.80. The first-order valence-corrected chi connectivity index (χ1v) is 10.3. The van der Waals surface area contributed by atoms with Gasteiger partial charge < -0.3 is 10.6 Å². The van der Waals surface area contributed by atoms with Crippen LogP contribution in [-0.4, -0.2) is 51.9 Å². The number of aliphatic imine (C=N–C) groups is 1. The quantitative estimate of drug-likeness (QED) is 0.504. The molecule has 2 rings (SSSR count). The van der Waals surface area contributed by atoms with E-state index in [2.05, 4.69) is 15.0 Å². The molecule has 1 aromatic rings. The molecule has 1 heterocycles. The summed E-state index contributed by atoms with van der Waals surface area (Å²) in [5.41, 5.74) is 0.524. The fourth-order valence-electron chi connectivity index (χ4n) is 2.54.